The van der Waals surface area contributed by atoms with E-state index in [1.807, 2.05) is 4.90 Å². The first-order chi connectivity index (χ1) is 15.8. The lowest BCUT2D eigenvalue weighted by molar-refractivity contribution is 0.0390. The van der Waals surface area contributed by atoms with E-state index in [9.17, 15) is 17.6 Å². The van der Waals surface area contributed by atoms with Crippen molar-refractivity contribution in [2.45, 2.75) is 6.10 Å². The highest BCUT2D eigenvalue weighted by molar-refractivity contribution is 7.93. The third kappa shape index (κ3) is 5.15. The fourth-order valence-electron chi connectivity index (χ4n) is 3.54. The molecular formula is C21H21ClFN5O4S. The summed E-state index contributed by atoms with van der Waals surface area (Å²) in [6.07, 6.45) is 2.19. The molecule has 4 rings (SSSR count). The predicted octanol–water partition coefficient (Wildman–Crippen LogP) is 2.50. The number of morpholine rings is 1. The molecule has 1 N–H and O–H groups in total. The molecule has 0 unspecified atom stereocenters. The number of alkyl halides is 1. The highest BCUT2D eigenvalue weighted by Gasteiger charge is 2.25. The van der Waals surface area contributed by atoms with Gasteiger partial charge in [-0.15, -0.1) is 11.6 Å². The summed E-state index contributed by atoms with van der Waals surface area (Å²) in [6.45, 7) is 1.27. The van der Waals surface area contributed by atoms with E-state index in [4.69, 9.17) is 16.3 Å². The van der Waals surface area contributed by atoms with Gasteiger partial charge < -0.3 is 9.64 Å². The van der Waals surface area contributed by atoms with Crippen LogP contribution in [-0.2, 0) is 21.8 Å². The Kier molecular flexibility index (Phi) is 6.63. The van der Waals surface area contributed by atoms with Gasteiger partial charge in [0.25, 0.3) is 5.56 Å². The van der Waals surface area contributed by atoms with Crippen LogP contribution in [0.5, 0.6) is 0 Å². The van der Waals surface area contributed by atoms with Crippen LogP contribution in [0.1, 0.15) is 11.7 Å². The molecule has 9 nitrogen and oxygen atoms in total. The molecular weight excluding hydrogens is 473 g/mol. The van der Waals surface area contributed by atoms with Gasteiger partial charge in [-0.25, -0.2) is 17.8 Å². The fourth-order valence-corrected chi connectivity index (χ4v) is 4.25. The number of nitrogens with zero attached hydrogens (tertiary/aromatic N) is 4. The molecule has 1 saturated heterocycles. The van der Waals surface area contributed by atoms with E-state index in [0.717, 1.165) is 11.8 Å². The SMILES string of the molecule is Cn1c(N2CCO[C@@H](c3ccc(NS(=O)(=O)CCl)cc3)C2)nc(-c2ccncc2F)cc1=O. The molecule has 1 aliphatic rings. The summed E-state index contributed by atoms with van der Waals surface area (Å²) >= 11 is 5.42. The molecule has 0 spiro atoms. The van der Waals surface area contributed by atoms with Gasteiger partial charge in [0.2, 0.25) is 16.0 Å². The van der Waals surface area contributed by atoms with Gasteiger partial charge in [-0.2, -0.15) is 0 Å². The number of halogens is 2. The molecule has 0 amide bonds. The van der Waals surface area contributed by atoms with Crippen LogP contribution in [0.2, 0.25) is 0 Å². The Labute approximate surface area is 194 Å². The second-order valence-electron chi connectivity index (χ2n) is 7.45. The normalized spacial score (nSPS) is 16.6. The highest BCUT2D eigenvalue weighted by Crippen LogP contribution is 2.27. The molecule has 1 atom stereocenters. The number of benzene rings is 1. The number of nitrogens with one attached hydrogen (secondary N) is 1. The summed E-state index contributed by atoms with van der Waals surface area (Å²) in [5.41, 5.74) is 1.33. The van der Waals surface area contributed by atoms with E-state index in [-0.39, 0.29) is 22.9 Å². The summed E-state index contributed by atoms with van der Waals surface area (Å²) in [4.78, 5) is 22.8. The van der Waals surface area contributed by atoms with Crippen molar-refractivity contribution < 1.29 is 17.5 Å². The maximum atomic E-state index is 14.2. The third-order valence-electron chi connectivity index (χ3n) is 5.21. The van der Waals surface area contributed by atoms with Crippen LogP contribution in [0.15, 0.2) is 53.6 Å². The first-order valence-corrected chi connectivity index (χ1v) is 12.2. The fraction of sp³-hybridized carbons (Fsp3) is 0.286. The van der Waals surface area contributed by atoms with E-state index < -0.39 is 21.1 Å². The first-order valence-electron chi connectivity index (χ1n) is 9.98. The van der Waals surface area contributed by atoms with Gasteiger partial charge in [-0.3, -0.25) is 19.1 Å². The van der Waals surface area contributed by atoms with Gasteiger partial charge >= 0.3 is 0 Å². The minimum absolute atomic E-state index is 0.198. The number of aromatic nitrogens is 3. The summed E-state index contributed by atoms with van der Waals surface area (Å²) < 4.78 is 47.2. The number of rotatable bonds is 6. The van der Waals surface area contributed by atoms with Crippen molar-refractivity contribution in [2.75, 3.05) is 34.5 Å². The van der Waals surface area contributed by atoms with Crippen LogP contribution in [0.25, 0.3) is 11.3 Å². The quantitative estimate of drug-likeness (QED) is 0.526. The molecule has 1 aliphatic heterocycles. The number of anilines is 2. The van der Waals surface area contributed by atoms with Crippen LogP contribution >= 0.6 is 11.6 Å². The average molecular weight is 494 g/mol. The smallest absolute Gasteiger partial charge is 0.255 e. The molecule has 3 aromatic rings. The number of hydrogen-bond donors (Lipinski definition) is 1. The maximum absolute atomic E-state index is 14.2. The van der Waals surface area contributed by atoms with E-state index in [1.165, 1.54) is 22.9 Å². The molecule has 0 bridgehead atoms. The monoisotopic (exact) mass is 493 g/mol. The second-order valence-corrected chi connectivity index (χ2v) is 9.75. The highest BCUT2D eigenvalue weighted by atomic mass is 35.5. The molecule has 12 heteroatoms. The first kappa shape index (κ1) is 23.1. The van der Waals surface area contributed by atoms with Crippen molar-refractivity contribution in [1.82, 2.24) is 14.5 Å². The van der Waals surface area contributed by atoms with Crippen LogP contribution in [0.4, 0.5) is 16.0 Å². The number of sulfonamides is 1. The Hall–Kier alpha value is -3.02. The van der Waals surface area contributed by atoms with E-state index >= 15 is 0 Å². The Morgan fingerprint density at radius 1 is 1.27 bits per heavy atom. The zero-order valence-corrected chi connectivity index (χ0v) is 19.2. The summed E-state index contributed by atoms with van der Waals surface area (Å²) in [7, 11) is -1.98. The van der Waals surface area contributed by atoms with Gasteiger partial charge in [0.05, 0.1) is 25.0 Å². The average Bonchev–Trinajstić information content (AvgIpc) is 2.81. The van der Waals surface area contributed by atoms with E-state index in [1.54, 1.807) is 31.3 Å². The van der Waals surface area contributed by atoms with E-state index in [0.29, 0.717) is 31.3 Å². The van der Waals surface area contributed by atoms with Crippen LogP contribution in [0, 0.1) is 5.82 Å². The molecule has 3 heterocycles. The lowest BCUT2D eigenvalue weighted by atomic mass is 10.1. The largest absolute Gasteiger partial charge is 0.370 e. The summed E-state index contributed by atoms with van der Waals surface area (Å²) in [6, 6.07) is 9.54. The van der Waals surface area contributed by atoms with Crippen molar-refractivity contribution in [3.63, 3.8) is 0 Å². The Balaban J connectivity index is 1.59. The second kappa shape index (κ2) is 9.46. The van der Waals surface area contributed by atoms with Gasteiger partial charge in [0.1, 0.15) is 11.3 Å². The summed E-state index contributed by atoms with van der Waals surface area (Å²) in [5.74, 6) is -0.164. The topological polar surface area (TPSA) is 106 Å². The molecule has 174 valence electrons. The minimum atomic E-state index is -3.59. The zero-order chi connectivity index (χ0) is 23.6. The number of pyridine rings is 1. The minimum Gasteiger partial charge on any atom is -0.370 e. The molecule has 0 saturated carbocycles. The predicted molar refractivity (Wildman–Crippen MR) is 123 cm³/mol. The van der Waals surface area contributed by atoms with Gasteiger partial charge in [-0.05, 0) is 23.8 Å². The molecule has 1 aromatic carbocycles. The zero-order valence-electron chi connectivity index (χ0n) is 17.6. The van der Waals surface area contributed by atoms with Crippen LogP contribution in [0.3, 0.4) is 0 Å². The maximum Gasteiger partial charge on any atom is 0.255 e. The number of hydrogen-bond acceptors (Lipinski definition) is 7. The molecule has 2 aromatic heterocycles. The van der Waals surface area contributed by atoms with Gasteiger partial charge in [0.15, 0.2) is 5.82 Å². The lowest BCUT2D eigenvalue weighted by Gasteiger charge is -2.34. The van der Waals surface area contributed by atoms with Gasteiger partial charge in [0, 0.05) is 37.1 Å². The molecule has 33 heavy (non-hydrogen) atoms. The summed E-state index contributed by atoms with van der Waals surface area (Å²) in [5, 5.41) is -0.538. The number of ether oxygens (including phenoxy) is 1. The standard InChI is InChI=1S/C21H21ClFN5O4S/c1-27-20(29)10-18(16-6-7-24-11-17(16)23)25-21(27)28-8-9-32-19(12-28)14-2-4-15(5-3-14)26-33(30,31)13-22/h2-7,10-11,19,26H,8-9,12-13H2,1H3/t19-/m1/s1. The Morgan fingerprint density at radius 2 is 2.03 bits per heavy atom. The molecule has 0 aliphatic carbocycles. The van der Waals surface area contributed by atoms with Crippen molar-refractivity contribution in [3.8, 4) is 11.3 Å². The Morgan fingerprint density at radius 3 is 2.73 bits per heavy atom. The van der Waals surface area contributed by atoms with Gasteiger partial charge in [-0.1, -0.05) is 12.1 Å². The van der Waals surface area contributed by atoms with Crippen molar-refractivity contribution >= 4 is 33.3 Å². The van der Waals surface area contributed by atoms with Crippen LogP contribution < -0.4 is 15.2 Å². The molecule has 1 fully saturated rings. The third-order valence-corrected chi connectivity index (χ3v) is 6.90. The van der Waals surface area contributed by atoms with Crippen LogP contribution in [-0.4, -0.2) is 47.9 Å². The molecule has 0 radical (unpaired) electrons. The Bertz CT molecular complexity index is 1320. The van der Waals surface area contributed by atoms with Crippen molar-refractivity contribution in [2.24, 2.45) is 7.05 Å². The lowest BCUT2D eigenvalue weighted by Crippen LogP contribution is -2.41. The van der Waals surface area contributed by atoms with Crippen molar-refractivity contribution in [3.05, 3.63) is 70.5 Å². The van der Waals surface area contributed by atoms with Crippen molar-refractivity contribution in [1.29, 1.82) is 0 Å². The van der Waals surface area contributed by atoms with E-state index in [2.05, 4.69) is 14.7 Å².